The summed E-state index contributed by atoms with van der Waals surface area (Å²) in [6.07, 6.45) is 7.41. The van der Waals surface area contributed by atoms with Crippen LogP contribution in [0.3, 0.4) is 0 Å². The van der Waals surface area contributed by atoms with E-state index in [1.807, 2.05) is 30.3 Å². The Morgan fingerprint density at radius 3 is 2.44 bits per heavy atom. The number of hydrogen-bond acceptors (Lipinski definition) is 4. The summed E-state index contributed by atoms with van der Waals surface area (Å²) in [5, 5.41) is 10.3. The summed E-state index contributed by atoms with van der Waals surface area (Å²) in [4.78, 5) is 11.4. The number of ether oxygens (including phenoxy) is 2. The van der Waals surface area contributed by atoms with Crippen molar-refractivity contribution in [3.63, 3.8) is 0 Å². The Morgan fingerprint density at radius 1 is 1.04 bits per heavy atom. The van der Waals surface area contributed by atoms with E-state index in [4.69, 9.17) is 9.47 Å². The largest absolute Gasteiger partial charge is 0.508 e. The molecule has 0 spiro atoms. The molecule has 3 rings (SSSR count). The van der Waals surface area contributed by atoms with Gasteiger partial charge in [-0.3, -0.25) is 0 Å². The maximum atomic E-state index is 11.4. The third-order valence-electron chi connectivity index (χ3n) is 5.16. The van der Waals surface area contributed by atoms with E-state index in [1.165, 1.54) is 32.1 Å². The average Bonchev–Trinajstić information content (AvgIpc) is 2.70. The highest BCUT2D eigenvalue weighted by Crippen LogP contribution is 2.32. The number of rotatable bonds is 7. The van der Waals surface area contributed by atoms with Gasteiger partial charge >= 0.3 is 5.97 Å². The van der Waals surface area contributed by atoms with Gasteiger partial charge < -0.3 is 14.6 Å². The van der Waals surface area contributed by atoms with Crippen LogP contribution in [-0.4, -0.2) is 24.3 Å². The molecule has 0 atom stereocenters. The maximum absolute atomic E-state index is 11.4. The van der Waals surface area contributed by atoms with E-state index in [0.29, 0.717) is 24.0 Å². The molecule has 2 aromatic carbocycles. The molecule has 1 N–H and O–H groups in total. The van der Waals surface area contributed by atoms with E-state index < -0.39 is 0 Å². The van der Waals surface area contributed by atoms with Crippen LogP contribution in [0.15, 0.2) is 42.5 Å². The van der Waals surface area contributed by atoms with Gasteiger partial charge in [0.05, 0.1) is 6.61 Å². The molecule has 1 aliphatic rings. The van der Waals surface area contributed by atoms with Gasteiger partial charge in [-0.25, -0.2) is 4.79 Å². The molecule has 0 heterocycles. The predicted molar refractivity (Wildman–Crippen MR) is 106 cm³/mol. The first kappa shape index (κ1) is 19.3. The lowest BCUT2D eigenvalue weighted by Crippen LogP contribution is -2.14. The van der Waals surface area contributed by atoms with Crippen molar-refractivity contribution in [2.75, 3.05) is 13.2 Å². The van der Waals surface area contributed by atoms with E-state index in [9.17, 15) is 9.90 Å². The third kappa shape index (κ3) is 5.49. The standard InChI is InChI=1S/C23H28O4/c1-2-26-23(25)16-27-21-11-8-18(9-12-21)19-10-13-22(24)20(15-19)14-17-6-4-3-5-7-17/h8-13,15,17,24H,2-7,14,16H2,1H3. The van der Waals surface area contributed by atoms with Crippen LogP contribution in [0.5, 0.6) is 11.5 Å². The highest BCUT2D eigenvalue weighted by atomic mass is 16.6. The lowest BCUT2D eigenvalue weighted by Gasteiger charge is -2.22. The molecule has 1 fully saturated rings. The first-order valence-corrected chi connectivity index (χ1v) is 9.86. The van der Waals surface area contributed by atoms with Gasteiger partial charge in [-0.15, -0.1) is 0 Å². The van der Waals surface area contributed by atoms with Crippen molar-refractivity contribution in [1.29, 1.82) is 0 Å². The molecule has 0 bridgehead atoms. The van der Waals surface area contributed by atoms with Crippen LogP contribution in [0, 0.1) is 5.92 Å². The molecule has 0 unspecified atom stereocenters. The van der Waals surface area contributed by atoms with Crippen molar-refractivity contribution in [3.05, 3.63) is 48.0 Å². The maximum Gasteiger partial charge on any atom is 0.344 e. The normalized spacial score (nSPS) is 14.7. The fraction of sp³-hybridized carbons (Fsp3) is 0.435. The van der Waals surface area contributed by atoms with Gasteiger partial charge in [0.15, 0.2) is 6.61 Å². The Kier molecular flexibility index (Phi) is 6.74. The molecule has 0 aromatic heterocycles. The van der Waals surface area contributed by atoms with Crippen LogP contribution in [0.2, 0.25) is 0 Å². The summed E-state index contributed by atoms with van der Waals surface area (Å²) < 4.78 is 10.3. The zero-order chi connectivity index (χ0) is 19.1. The highest BCUT2D eigenvalue weighted by Gasteiger charge is 2.16. The van der Waals surface area contributed by atoms with Gasteiger partial charge in [-0.2, -0.15) is 0 Å². The van der Waals surface area contributed by atoms with E-state index in [-0.39, 0.29) is 12.6 Å². The Balaban J connectivity index is 1.66. The van der Waals surface area contributed by atoms with Crippen LogP contribution >= 0.6 is 0 Å². The number of hydrogen-bond donors (Lipinski definition) is 1. The third-order valence-corrected chi connectivity index (χ3v) is 5.16. The lowest BCUT2D eigenvalue weighted by molar-refractivity contribution is -0.145. The Bertz CT molecular complexity index is 745. The van der Waals surface area contributed by atoms with Gasteiger partial charge in [0.1, 0.15) is 11.5 Å². The number of carbonyl (C=O) groups excluding carboxylic acids is 1. The van der Waals surface area contributed by atoms with Gasteiger partial charge in [0.2, 0.25) is 0 Å². The molecule has 0 amide bonds. The summed E-state index contributed by atoms with van der Waals surface area (Å²) >= 11 is 0. The second-order valence-electron chi connectivity index (χ2n) is 7.17. The molecule has 4 nitrogen and oxygen atoms in total. The molecule has 0 saturated heterocycles. The van der Waals surface area contributed by atoms with Crippen molar-refractivity contribution in [3.8, 4) is 22.6 Å². The second-order valence-corrected chi connectivity index (χ2v) is 7.17. The first-order chi connectivity index (χ1) is 13.2. The van der Waals surface area contributed by atoms with Crippen LogP contribution in [-0.2, 0) is 16.0 Å². The topological polar surface area (TPSA) is 55.8 Å². The molecular weight excluding hydrogens is 340 g/mol. The summed E-state index contributed by atoms with van der Waals surface area (Å²) in [6.45, 7) is 2.04. The van der Waals surface area contributed by atoms with E-state index >= 15 is 0 Å². The van der Waals surface area contributed by atoms with Crippen molar-refractivity contribution < 1.29 is 19.4 Å². The van der Waals surface area contributed by atoms with Crippen molar-refractivity contribution in [2.45, 2.75) is 45.4 Å². The number of carbonyl (C=O) groups is 1. The van der Waals surface area contributed by atoms with Crippen molar-refractivity contribution in [1.82, 2.24) is 0 Å². The molecule has 1 saturated carbocycles. The summed E-state index contributed by atoms with van der Waals surface area (Å²) in [6, 6.07) is 13.5. The molecular formula is C23H28O4. The van der Waals surface area contributed by atoms with Crippen molar-refractivity contribution >= 4 is 5.97 Å². The van der Waals surface area contributed by atoms with Crippen LogP contribution in [0.1, 0.15) is 44.6 Å². The molecule has 2 aromatic rings. The number of phenols is 1. The molecule has 4 heteroatoms. The lowest BCUT2D eigenvalue weighted by atomic mass is 9.84. The summed E-state index contributed by atoms with van der Waals surface area (Å²) in [5.74, 6) is 1.33. The number of esters is 1. The SMILES string of the molecule is CCOC(=O)COc1ccc(-c2ccc(O)c(CC3CCCCC3)c2)cc1. The minimum absolute atomic E-state index is 0.0854. The Hall–Kier alpha value is -2.49. The molecule has 0 radical (unpaired) electrons. The van der Waals surface area contributed by atoms with Crippen LogP contribution < -0.4 is 4.74 Å². The minimum Gasteiger partial charge on any atom is -0.508 e. The van der Waals surface area contributed by atoms with Gasteiger partial charge in [0, 0.05) is 0 Å². The summed E-state index contributed by atoms with van der Waals surface area (Å²) in [5.41, 5.74) is 3.17. The summed E-state index contributed by atoms with van der Waals surface area (Å²) in [7, 11) is 0. The highest BCUT2D eigenvalue weighted by molar-refractivity contribution is 5.71. The smallest absolute Gasteiger partial charge is 0.344 e. The average molecular weight is 368 g/mol. The second kappa shape index (κ2) is 9.45. The van der Waals surface area contributed by atoms with Gasteiger partial charge in [-0.1, -0.05) is 50.3 Å². The van der Waals surface area contributed by atoms with E-state index in [2.05, 4.69) is 6.07 Å². The molecule has 27 heavy (non-hydrogen) atoms. The number of benzene rings is 2. The quantitative estimate of drug-likeness (QED) is 0.689. The van der Waals surface area contributed by atoms with E-state index in [0.717, 1.165) is 23.1 Å². The zero-order valence-electron chi connectivity index (χ0n) is 15.9. The molecule has 1 aliphatic carbocycles. The Morgan fingerprint density at radius 2 is 1.74 bits per heavy atom. The van der Waals surface area contributed by atoms with Crippen LogP contribution in [0.25, 0.3) is 11.1 Å². The number of aromatic hydroxyl groups is 1. The molecule has 0 aliphatic heterocycles. The van der Waals surface area contributed by atoms with Gasteiger partial charge in [-0.05, 0) is 60.2 Å². The Labute approximate surface area is 161 Å². The predicted octanol–water partition coefficient (Wildman–Crippen LogP) is 5.12. The first-order valence-electron chi connectivity index (χ1n) is 9.86. The van der Waals surface area contributed by atoms with Crippen LogP contribution in [0.4, 0.5) is 0 Å². The molecule has 144 valence electrons. The van der Waals surface area contributed by atoms with Gasteiger partial charge in [0.25, 0.3) is 0 Å². The minimum atomic E-state index is -0.368. The fourth-order valence-electron chi connectivity index (χ4n) is 3.72. The van der Waals surface area contributed by atoms with E-state index in [1.54, 1.807) is 13.0 Å². The number of phenolic OH excluding ortho intramolecular Hbond substituents is 1. The monoisotopic (exact) mass is 368 g/mol. The fourth-order valence-corrected chi connectivity index (χ4v) is 3.72. The zero-order valence-corrected chi connectivity index (χ0v) is 15.9. The van der Waals surface area contributed by atoms with Crippen molar-refractivity contribution in [2.24, 2.45) is 5.92 Å².